The van der Waals surface area contributed by atoms with E-state index in [2.05, 4.69) is 24.0 Å². The molecule has 0 aliphatic rings. The fourth-order valence-corrected chi connectivity index (χ4v) is 2.07. The molecule has 5 heteroatoms. The number of nitrogens with zero attached hydrogens (tertiary/aromatic N) is 2. The molecule has 2 unspecified atom stereocenters. The van der Waals surface area contributed by atoms with E-state index in [1.807, 2.05) is 26.0 Å². The summed E-state index contributed by atoms with van der Waals surface area (Å²) in [5.74, 6) is 1.54. The van der Waals surface area contributed by atoms with Crippen LogP contribution in [0.3, 0.4) is 0 Å². The van der Waals surface area contributed by atoms with Crippen LogP contribution in [0.25, 0.3) is 11.4 Å². The number of hydrogen-bond donors (Lipinski definition) is 2. The number of nitrogens with two attached hydrogens (primary N) is 1. The van der Waals surface area contributed by atoms with Gasteiger partial charge in [-0.25, -0.2) is 0 Å². The van der Waals surface area contributed by atoms with Crippen molar-refractivity contribution in [2.45, 2.75) is 40.2 Å². The van der Waals surface area contributed by atoms with E-state index in [-0.39, 0.29) is 12.0 Å². The van der Waals surface area contributed by atoms with Crippen LogP contribution in [0.15, 0.2) is 16.7 Å². The van der Waals surface area contributed by atoms with Crippen LogP contribution in [0.2, 0.25) is 0 Å². The van der Waals surface area contributed by atoms with Crippen molar-refractivity contribution in [3.05, 3.63) is 29.2 Å². The first kappa shape index (κ1) is 14.5. The highest BCUT2D eigenvalue weighted by Crippen LogP contribution is 2.29. The SMILES string of the molecule is CCC(C)C(N)c1nc(-c2cc(C)c(O)c(C)c2)no1. The van der Waals surface area contributed by atoms with E-state index >= 15 is 0 Å². The van der Waals surface area contributed by atoms with E-state index in [1.165, 1.54) is 0 Å². The number of hydrogen-bond acceptors (Lipinski definition) is 5. The highest BCUT2D eigenvalue weighted by atomic mass is 16.5. The predicted octanol–water partition coefficient (Wildman–Crippen LogP) is 3.10. The van der Waals surface area contributed by atoms with Crippen LogP contribution in [0.1, 0.15) is 43.3 Å². The van der Waals surface area contributed by atoms with Crippen LogP contribution in [-0.4, -0.2) is 15.2 Å². The molecule has 0 bridgehead atoms. The topological polar surface area (TPSA) is 85.2 Å². The lowest BCUT2D eigenvalue weighted by atomic mass is 10.0. The molecule has 0 aliphatic carbocycles. The van der Waals surface area contributed by atoms with Gasteiger partial charge in [-0.3, -0.25) is 0 Å². The third-order valence-corrected chi connectivity index (χ3v) is 3.73. The first-order valence-electron chi connectivity index (χ1n) is 6.83. The van der Waals surface area contributed by atoms with Crippen molar-refractivity contribution in [1.29, 1.82) is 0 Å². The molecule has 1 heterocycles. The molecule has 2 atom stereocenters. The molecule has 3 N–H and O–H groups in total. The minimum absolute atomic E-state index is 0.249. The largest absolute Gasteiger partial charge is 0.507 e. The summed E-state index contributed by atoms with van der Waals surface area (Å²) in [5, 5.41) is 13.8. The molecule has 1 aromatic heterocycles. The number of rotatable bonds is 4. The Morgan fingerprint density at radius 1 is 1.30 bits per heavy atom. The molecule has 2 rings (SSSR count). The highest BCUT2D eigenvalue weighted by Gasteiger charge is 2.20. The van der Waals surface area contributed by atoms with E-state index in [0.29, 0.717) is 17.5 Å². The van der Waals surface area contributed by atoms with Crippen molar-refractivity contribution < 1.29 is 9.63 Å². The zero-order chi connectivity index (χ0) is 14.9. The molecule has 0 saturated heterocycles. The maximum Gasteiger partial charge on any atom is 0.244 e. The molecular weight excluding hydrogens is 254 g/mol. The summed E-state index contributed by atoms with van der Waals surface area (Å²) < 4.78 is 5.27. The van der Waals surface area contributed by atoms with Gasteiger partial charge in [0.15, 0.2) is 0 Å². The summed E-state index contributed by atoms with van der Waals surface area (Å²) in [6, 6.07) is 3.43. The van der Waals surface area contributed by atoms with Gasteiger partial charge in [-0.05, 0) is 43.0 Å². The molecule has 2 aromatic rings. The average molecular weight is 275 g/mol. The molecule has 0 fully saturated rings. The fraction of sp³-hybridized carbons (Fsp3) is 0.467. The molecule has 0 saturated carbocycles. The minimum atomic E-state index is -0.249. The van der Waals surface area contributed by atoms with Gasteiger partial charge in [-0.2, -0.15) is 4.98 Å². The Hall–Kier alpha value is -1.88. The Morgan fingerprint density at radius 2 is 1.90 bits per heavy atom. The van der Waals surface area contributed by atoms with Gasteiger partial charge in [0.25, 0.3) is 0 Å². The van der Waals surface area contributed by atoms with Gasteiger partial charge < -0.3 is 15.4 Å². The quantitative estimate of drug-likeness (QED) is 0.895. The number of aromatic nitrogens is 2. The molecular formula is C15H21N3O2. The van der Waals surface area contributed by atoms with Crippen LogP contribution >= 0.6 is 0 Å². The van der Waals surface area contributed by atoms with Gasteiger partial charge in [-0.15, -0.1) is 0 Å². The second-order valence-electron chi connectivity index (χ2n) is 5.33. The van der Waals surface area contributed by atoms with Gasteiger partial charge >= 0.3 is 0 Å². The summed E-state index contributed by atoms with van der Waals surface area (Å²) in [6.07, 6.45) is 0.955. The van der Waals surface area contributed by atoms with Crippen molar-refractivity contribution in [1.82, 2.24) is 10.1 Å². The van der Waals surface area contributed by atoms with E-state index in [1.54, 1.807) is 0 Å². The van der Waals surface area contributed by atoms with Crippen molar-refractivity contribution >= 4 is 0 Å². The smallest absolute Gasteiger partial charge is 0.244 e. The van der Waals surface area contributed by atoms with Crippen LogP contribution < -0.4 is 5.73 Å². The predicted molar refractivity (Wildman–Crippen MR) is 77.3 cm³/mol. The highest BCUT2D eigenvalue weighted by molar-refractivity contribution is 5.60. The van der Waals surface area contributed by atoms with E-state index in [4.69, 9.17) is 10.3 Å². The first-order chi connectivity index (χ1) is 9.43. The molecule has 1 aromatic carbocycles. The molecule has 0 aliphatic heterocycles. The van der Waals surface area contributed by atoms with Crippen LogP contribution in [-0.2, 0) is 0 Å². The summed E-state index contributed by atoms with van der Waals surface area (Å²) in [6.45, 7) is 7.83. The average Bonchev–Trinajstić information content (AvgIpc) is 2.92. The van der Waals surface area contributed by atoms with E-state index in [9.17, 15) is 5.11 Å². The lowest BCUT2D eigenvalue weighted by Gasteiger charge is -2.13. The summed E-state index contributed by atoms with van der Waals surface area (Å²) in [5.41, 5.74) is 8.49. The molecule has 0 amide bonds. The van der Waals surface area contributed by atoms with Gasteiger partial charge in [0.05, 0.1) is 6.04 Å². The van der Waals surface area contributed by atoms with Gasteiger partial charge in [0.2, 0.25) is 11.7 Å². The Bertz CT molecular complexity index is 584. The number of benzene rings is 1. The number of aromatic hydroxyl groups is 1. The normalized spacial score (nSPS) is 14.2. The van der Waals surface area contributed by atoms with Crippen molar-refractivity contribution in [3.63, 3.8) is 0 Å². The van der Waals surface area contributed by atoms with Gasteiger partial charge in [0.1, 0.15) is 5.75 Å². The Kier molecular flexibility index (Phi) is 4.09. The molecule has 5 nitrogen and oxygen atoms in total. The monoisotopic (exact) mass is 275 g/mol. The maximum absolute atomic E-state index is 9.79. The van der Waals surface area contributed by atoms with Crippen LogP contribution in [0, 0.1) is 19.8 Å². The van der Waals surface area contributed by atoms with Crippen LogP contribution in [0.5, 0.6) is 5.75 Å². The maximum atomic E-state index is 9.79. The van der Waals surface area contributed by atoms with Crippen LogP contribution in [0.4, 0.5) is 0 Å². The summed E-state index contributed by atoms with van der Waals surface area (Å²) in [7, 11) is 0. The third kappa shape index (κ3) is 2.67. The lowest BCUT2D eigenvalue weighted by molar-refractivity contribution is 0.312. The Labute approximate surface area is 118 Å². The first-order valence-corrected chi connectivity index (χ1v) is 6.83. The second kappa shape index (κ2) is 5.63. The zero-order valence-electron chi connectivity index (χ0n) is 12.3. The fourth-order valence-electron chi connectivity index (χ4n) is 2.07. The molecule has 0 spiro atoms. The Morgan fingerprint density at radius 3 is 2.45 bits per heavy atom. The summed E-state index contributed by atoms with van der Waals surface area (Å²) >= 11 is 0. The second-order valence-corrected chi connectivity index (χ2v) is 5.33. The van der Waals surface area contributed by atoms with Gasteiger partial charge in [-0.1, -0.05) is 25.4 Å². The van der Waals surface area contributed by atoms with E-state index < -0.39 is 0 Å². The molecule has 20 heavy (non-hydrogen) atoms. The number of aryl methyl sites for hydroxylation is 2. The lowest BCUT2D eigenvalue weighted by Crippen LogP contribution is -2.18. The van der Waals surface area contributed by atoms with Crippen molar-refractivity contribution in [2.75, 3.05) is 0 Å². The minimum Gasteiger partial charge on any atom is -0.507 e. The number of phenols is 1. The third-order valence-electron chi connectivity index (χ3n) is 3.73. The van der Waals surface area contributed by atoms with Gasteiger partial charge in [0, 0.05) is 5.56 Å². The molecule has 0 radical (unpaired) electrons. The number of phenolic OH excluding ortho intramolecular Hbond substituents is 1. The molecule has 108 valence electrons. The Balaban J connectivity index is 2.34. The van der Waals surface area contributed by atoms with Crippen molar-refractivity contribution in [3.8, 4) is 17.1 Å². The van der Waals surface area contributed by atoms with E-state index in [0.717, 1.165) is 23.1 Å². The zero-order valence-corrected chi connectivity index (χ0v) is 12.3. The standard InChI is InChI=1S/C15H21N3O2/c1-5-8(2)12(16)15-17-14(18-20-15)11-6-9(3)13(19)10(4)7-11/h6-8,12,19H,5,16H2,1-4H3. The summed E-state index contributed by atoms with van der Waals surface area (Å²) in [4.78, 5) is 4.38. The van der Waals surface area contributed by atoms with Crippen molar-refractivity contribution in [2.24, 2.45) is 11.7 Å².